The van der Waals surface area contributed by atoms with Crippen LogP contribution in [0.3, 0.4) is 0 Å². The zero-order valence-corrected chi connectivity index (χ0v) is 12.1. The monoisotopic (exact) mass is 276 g/mol. The summed E-state index contributed by atoms with van der Waals surface area (Å²) in [6.45, 7) is 5.82. The van der Waals surface area contributed by atoms with Gasteiger partial charge in [0.15, 0.2) is 0 Å². The molecule has 2 heterocycles. The number of carbonyl (C=O) groups is 1. The van der Waals surface area contributed by atoms with E-state index in [4.69, 9.17) is 0 Å². The number of benzene rings is 1. The van der Waals surface area contributed by atoms with Gasteiger partial charge in [0, 0.05) is 18.5 Å². The molecule has 0 spiro atoms. The molecule has 0 unspecified atom stereocenters. The molecule has 1 amide bonds. The van der Waals surface area contributed by atoms with E-state index >= 15 is 0 Å². The first-order valence-corrected chi connectivity index (χ1v) is 7.33. The minimum Gasteiger partial charge on any atom is -0.273 e. The maximum atomic E-state index is 13.5. The summed E-state index contributed by atoms with van der Waals surface area (Å²) >= 11 is 0. The first-order chi connectivity index (χ1) is 9.49. The molecule has 0 aliphatic carbocycles. The van der Waals surface area contributed by atoms with Crippen molar-refractivity contribution in [3.05, 3.63) is 35.6 Å². The summed E-state index contributed by atoms with van der Waals surface area (Å²) in [7, 11) is 0. The molecule has 1 aromatic carbocycles. The summed E-state index contributed by atoms with van der Waals surface area (Å²) < 4.78 is 13.5. The summed E-state index contributed by atoms with van der Waals surface area (Å²) in [6, 6.07) is 6.63. The highest BCUT2D eigenvalue weighted by atomic mass is 19.1. The van der Waals surface area contributed by atoms with Crippen LogP contribution in [-0.4, -0.2) is 29.0 Å². The average molecular weight is 276 g/mol. The smallest absolute Gasteiger partial charge is 0.243 e. The molecular weight excluding hydrogens is 255 g/mol. The Morgan fingerprint density at radius 2 is 2.10 bits per heavy atom. The van der Waals surface area contributed by atoms with Crippen molar-refractivity contribution in [1.29, 1.82) is 0 Å². The molecule has 0 aromatic heterocycles. The maximum Gasteiger partial charge on any atom is 0.243 e. The molecule has 2 aliphatic heterocycles. The fraction of sp³-hybridized carbons (Fsp3) is 0.562. The highest BCUT2D eigenvalue weighted by Crippen LogP contribution is 2.39. The third kappa shape index (κ3) is 2.22. The predicted molar refractivity (Wildman–Crippen MR) is 75.2 cm³/mol. The van der Waals surface area contributed by atoms with E-state index in [-0.39, 0.29) is 23.2 Å². The second-order valence-corrected chi connectivity index (χ2v) is 6.45. The molecule has 1 atom stereocenters. The van der Waals surface area contributed by atoms with Gasteiger partial charge in [0.05, 0.1) is 6.04 Å². The number of hydrogen-bond donors (Lipinski definition) is 0. The fourth-order valence-electron chi connectivity index (χ4n) is 3.33. The van der Waals surface area contributed by atoms with Crippen LogP contribution >= 0.6 is 0 Å². The van der Waals surface area contributed by atoms with Crippen LogP contribution in [0.5, 0.6) is 0 Å². The molecular formula is C16H21FN2O. The van der Waals surface area contributed by atoms with Gasteiger partial charge in [-0.15, -0.1) is 0 Å². The molecule has 0 bridgehead atoms. The number of rotatable bonds is 1. The van der Waals surface area contributed by atoms with Crippen molar-refractivity contribution in [2.75, 3.05) is 13.1 Å². The Hall–Kier alpha value is -1.42. The maximum absolute atomic E-state index is 13.5. The standard InChI is InChI=1S/C16H21FN2O/c1-16(2)8-4-9-18-10-7-14(19(18)15(16)20)12-5-3-6-13(17)11-12/h3,5-6,11,14H,4,7-10H2,1-2H3/t14-/m0/s1. The van der Waals surface area contributed by atoms with Gasteiger partial charge in [-0.3, -0.25) is 9.80 Å². The number of nitrogens with zero attached hydrogens (tertiary/aromatic N) is 2. The minimum atomic E-state index is -0.329. The van der Waals surface area contributed by atoms with Crippen LogP contribution in [-0.2, 0) is 4.79 Å². The second kappa shape index (κ2) is 4.85. The van der Waals surface area contributed by atoms with Crippen LogP contribution in [0.1, 0.15) is 44.7 Å². The number of carbonyl (C=O) groups excluding carboxylic acids is 1. The first-order valence-electron chi connectivity index (χ1n) is 7.33. The lowest BCUT2D eigenvalue weighted by molar-refractivity contribution is -0.154. The van der Waals surface area contributed by atoms with Crippen molar-refractivity contribution >= 4 is 5.91 Å². The predicted octanol–water partition coefficient (Wildman–Crippen LogP) is 3.14. The topological polar surface area (TPSA) is 23.6 Å². The molecule has 3 nitrogen and oxygen atoms in total. The Labute approximate surface area is 119 Å². The van der Waals surface area contributed by atoms with Gasteiger partial charge in [0.25, 0.3) is 0 Å². The van der Waals surface area contributed by atoms with E-state index in [9.17, 15) is 9.18 Å². The Kier molecular flexibility index (Phi) is 3.28. The van der Waals surface area contributed by atoms with Crippen molar-refractivity contribution in [3.63, 3.8) is 0 Å². The molecule has 3 rings (SSSR count). The van der Waals surface area contributed by atoms with E-state index in [2.05, 4.69) is 5.01 Å². The second-order valence-electron chi connectivity index (χ2n) is 6.45. The van der Waals surface area contributed by atoms with E-state index in [1.165, 1.54) is 6.07 Å². The van der Waals surface area contributed by atoms with Gasteiger partial charge in [0.1, 0.15) is 5.82 Å². The molecule has 2 fully saturated rings. The lowest BCUT2D eigenvalue weighted by Crippen LogP contribution is -2.45. The van der Waals surface area contributed by atoms with Crippen molar-refractivity contribution in [1.82, 2.24) is 10.0 Å². The van der Waals surface area contributed by atoms with Gasteiger partial charge in [-0.2, -0.15) is 0 Å². The lowest BCUT2D eigenvalue weighted by atomic mass is 9.86. The molecule has 2 saturated heterocycles. The molecule has 0 radical (unpaired) electrons. The number of hydrogen-bond acceptors (Lipinski definition) is 2. The fourth-order valence-corrected chi connectivity index (χ4v) is 3.33. The minimum absolute atomic E-state index is 0.0180. The van der Waals surface area contributed by atoms with Gasteiger partial charge in [-0.1, -0.05) is 26.0 Å². The summed E-state index contributed by atoms with van der Waals surface area (Å²) in [6.07, 6.45) is 2.82. The van der Waals surface area contributed by atoms with Crippen molar-refractivity contribution < 1.29 is 9.18 Å². The molecule has 1 aromatic rings. The summed E-state index contributed by atoms with van der Waals surface area (Å²) in [5, 5.41) is 4.04. The number of halogens is 1. The SMILES string of the molecule is CC1(C)CCCN2CC[C@@H](c3cccc(F)c3)N2C1=O. The normalized spacial score (nSPS) is 26.4. The number of amides is 1. The van der Waals surface area contributed by atoms with Crippen LogP contribution in [0.25, 0.3) is 0 Å². The first kappa shape index (κ1) is 13.6. The third-order valence-corrected chi connectivity index (χ3v) is 4.50. The van der Waals surface area contributed by atoms with Gasteiger partial charge < -0.3 is 0 Å². The number of hydrazine groups is 1. The largest absolute Gasteiger partial charge is 0.273 e. The zero-order chi connectivity index (χ0) is 14.3. The summed E-state index contributed by atoms with van der Waals surface area (Å²) in [5.74, 6) is -0.0655. The van der Waals surface area contributed by atoms with Crippen LogP contribution in [0.2, 0.25) is 0 Å². The van der Waals surface area contributed by atoms with Crippen molar-refractivity contribution in [2.24, 2.45) is 5.41 Å². The molecule has 20 heavy (non-hydrogen) atoms. The van der Waals surface area contributed by atoms with Crippen LogP contribution < -0.4 is 0 Å². The molecule has 2 aliphatic rings. The van der Waals surface area contributed by atoms with Crippen molar-refractivity contribution in [2.45, 2.75) is 39.2 Å². The van der Waals surface area contributed by atoms with Gasteiger partial charge in [0.2, 0.25) is 5.91 Å². The Morgan fingerprint density at radius 3 is 2.85 bits per heavy atom. The van der Waals surface area contributed by atoms with Crippen LogP contribution in [0.4, 0.5) is 4.39 Å². The Bertz CT molecular complexity index is 529. The Morgan fingerprint density at radius 1 is 1.30 bits per heavy atom. The molecule has 0 N–H and O–H groups in total. The molecule has 0 saturated carbocycles. The zero-order valence-electron chi connectivity index (χ0n) is 12.1. The van der Waals surface area contributed by atoms with E-state index in [0.29, 0.717) is 0 Å². The van der Waals surface area contributed by atoms with Gasteiger partial charge in [-0.05, 0) is 37.0 Å². The van der Waals surface area contributed by atoms with E-state index in [1.807, 2.05) is 24.9 Å². The van der Waals surface area contributed by atoms with E-state index in [0.717, 1.165) is 37.9 Å². The van der Waals surface area contributed by atoms with Gasteiger partial charge in [-0.25, -0.2) is 9.40 Å². The van der Waals surface area contributed by atoms with Crippen LogP contribution in [0.15, 0.2) is 24.3 Å². The quantitative estimate of drug-likeness (QED) is 0.786. The number of fused-ring (bicyclic) bond motifs is 1. The summed E-state index contributed by atoms with van der Waals surface area (Å²) in [5.41, 5.74) is 0.573. The highest BCUT2D eigenvalue weighted by Gasteiger charge is 2.44. The van der Waals surface area contributed by atoms with E-state index < -0.39 is 0 Å². The average Bonchev–Trinajstić information content (AvgIpc) is 2.77. The van der Waals surface area contributed by atoms with E-state index in [1.54, 1.807) is 12.1 Å². The molecule has 4 heteroatoms. The van der Waals surface area contributed by atoms with Crippen LogP contribution in [0, 0.1) is 11.2 Å². The van der Waals surface area contributed by atoms with Gasteiger partial charge >= 0.3 is 0 Å². The highest BCUT2D eigenvalue weighted by molar-refractivity contribution is 5.82. The van der Waals surface area contributed by atoms with Crippen molar-refractivity contribution in [3.8, 4) is 0 Å². The Balaban J connectivity index is 1.96. The molecule has 108 valence electrons. The third-order valence-electron chi connectivity index (χ3n) is 4.50. The summed E-state index contributed by atoms with van der Waals surface area (Å²) in [4.78, 5) is 12.8. The lowest BCUT2D eigenvalue weighted by Gasteiger charge is -2.34.